The van der Waals surface area contributed by atoms with Crippen molar-refractivity contribution >= 4 is 56.6 Å². The number of carbonyl (C=O) groups is 2. The molecule has 0 heterocycles. The van der Waals surface area contributed by atoms with E-state index in [0.717, 1.165) is 18.2 Å². The molecule has 0 spiro atoms. The molecule has 0 radical (unpaired) electrons. The molecule has 0 aromatic heterocycles. The molecule has 148 valence electrons. The van der Waals surface area contributed by atoms with E-state index in [2.05, 4.69) is 26.5 Å². The maximum absolute atomic E-state index is 12.7. The highest BCUT2D eigenvalue weighted by atomic mass is 127. The Morgan fingerprint density at radius 2 is 2.00 bits per heavy atom. The summed E-state index contributed by atoms with van der Waals surface area (Å²) in [5, 5.41) is 12.4. The lowest BCUT2D eigenvalue weighted by Gasteiger charge is -2.09. The zero-order valence-corrected chi connectivity index (χ0v) is 17.5. The zero-order valence-electron chi connectivity index (χ0n) is 13.8. The molecule has 28 heavy (non-hydrogen) atoms. The van der Waals surface area contributed by atoms with Gasteiger partial charge in [0.05, 0.1) is 19.8 Å². The van der Waals surface area contributed by atoms with Crippen LogP contribution in [-0.2, 0) is 11.0 Å². The number of halogens is 5. The minimum absolute atomic E-state index is 0.180. The third-order valence-corrected chi connectivity index (χ3v) is 4.58. The summed E-state index contributed by atoms with van der Waals surface area (Å²) in [4.78, 5) is 22.6. The van der Waals surface area contributed by atoms with Gasteiger partial charge < -0.3 is 9.84 Å². The van der Waals surface area contributed by atoms with Crippen LogP contribution in [0.2, 0.25) is 0 Å². The first-order valence-electron chi connectivity index (χ1n) is 7.42. The normalized spacial score (nSPS) is 11.5. The van der Waals surface area contributed by atoms with E-state index in [0.29, 0.717) is 19.4 Å². The number of hydrogen-bond donors (Lipinski definition) is 2. The molecule has 0 unspecified atom stereocenters. The molecule has 0 fully saturated rings. The Morgan fingerprint density at radius 1 is 1.29 bits per heavy atom. The van der Waals surface area contributed by atoms with Crippen molar-refractivity contribution in [3.8, 4) is 5.75 Å². The summed E-state index contributed by atoms with van der Waals surface area (Å²) in [7, 11) is 0. The van der Waals surface area contributed by atoms with Crippen LogP contribution in [0.15, 0.2) is 46.0 Å². The van der Waals surface area contributed by atoms with Crippen LogP contribution in [0, 0.1) is 3.57 Å². The molecule has 0 bridgehead atoms. The molecule has 0 saturated heterocycles. The van der Waals surface area contributed by atoms with Gasteiger partial charge in [-0.05, 0) is 74.4 Å². The first kappa shape index (κ1) is 22.1. The Balaban J connectivity index is 2.08. The molecule has 11 heteroatoms. The molecule has 6 nitrogen and oxygen atoms in total. The van der Waals surface area contributed by atoms with Crippen LogP contribution >= 0.6 is 38.5 Å². The number of carbonyl (C=O) groups excluding carboxylic acids is 1. The molecule has 0 aliphatic carbocycles. The van der Waals surface area contributed by atoms with Gasteiger partial charge in [-0.2, -0.15) is 18.3 Å². The molecule has 2 N–H and O–H groups in total. The lowest BCUT2D eigenvalue weighted by atomic mass is 10.1. The minimum atomic E-state index is -4.55. The van der Waals surface area contributed by atoms with Crippen LogP contribution in [0.25, 0.3) is 0 Å². The van der Waals surface area contributed by atoms with E-state index < -0.39 is 30.2 Å². The number of nitrogens with one attached hydrogen (secondary N) is 1. The van der Waals surface area contributed by atoms with Crippen molar-refractivity contribution in [1.82, 2.24) is 5.43 Å². The smallest absolute Gasteiger partial charge is 0.416 e. The van der Waals surface area contributed by atoms with Crippen LogP contribution in [-0.4, -0.2) is 29.8 Å². The van der Waals surface area contributed by atoms with Gasteiger partial charge in [0.1, 0.15) is 5.75 Å². The summed E-state index contributed by atoms with van der Waals surface area (Å²) in [5.74, 6) is -1.57. The number of benzene rings is 2. The number of amides is 1. The van der Waals surface area contributed by atoms with Crippen LogP contribution in [0.4, 0.5) is 13.2 Å². The van der Waals surface area contributed by atoms with Gasteiger partial charge in [-0.25, -0.2) is 10.2 Å². The van der Waals surface area contributed by atoms with Crippen molar-refractivity contribution in [1.29, 1.82) is 0 Å². The highest BCUT2D eigenvalue weighted by molar-refractivity contribution is 14.1. The second-order valence-corrected chi connectivity index (χ2v) is 7.29. The van der Waals surface area contributed by atoms with Crippen molar-refractivity contribution in [2.75, 3.05) is 6.61 Å². The predicted molar refractivity (Wildman–Crippen MR) is 106 cm³/mol. The maximum Gasteiger partial charge on any atom is 0.416 e. The predicted octanol–water partition coefficient (Wildman–Crippen LogP) is 4.30. The average Bonchev–Trinajstić information content (AvgIpc) is 2.60. The first-order valence-corrected chi connectivity index (χ1v) is 9.29. The van der Waals surface area contributed by atoms with Gasteiger partial charge in [0.25, 0.3) is 5.91 Å². The highest BCUT2D eigenvalue weighted by Crippen LogP contribution is 2.32. The number of carboxylic acid groups (broad SMARTS) is 1. The lowest BCUT2D eigenvalue weighted by molar-refractivity contribution is -0.139. The summed E-state index contributed by atoms with van der Waals surface area (Å²) in [6.45, 7) is -0.505. The number of carboxylic acids is 1. The standard InChI is InChI=1S/C17H11BrF3IN2O4/c18-12-4-9(5-13(22)15(12)28-8-14(25)26)7-23-24-16(27)10-2-1-3-11(6-10)17(19,20)21/h1-7H,8H2,(H,24,27)(H,25,26)/b23-7-. The number of nitrogens with zero attached hydrogens (tertiary/aromatic N) is 1. The Bertz CT molecular complexity index is 912. The molecular weight excluding hydrogens is 560 g/mol. The molecule has 0 aliphatic heterocycles. The van der Waals surface area contributed by atoms with Gasteiger partial charge in [0, 0.05) is 5.56 Å². The quantitative estimate of drug-likeness (QED) is 0.308. The fourth-order valence-corrected chi connectivity index (χ4v) is 3.76. The number of alkyl halides is 3. The van der Waals surface area contributed by atoms with Crippen molar-refractivity contribution in [2.45, 2.75) is 6.18 Å². The number of hydrazone groups is 1. The van der Waals surface area contributed by atoms with E-state index in [1.165, 1.54) is 12.3 Å². The Morgan fingerprint density at radius 3 is 2.61 bits per heavy atom. The highest BCUT2D eigenvalue weighted by Gasteiger charge is 2.30. The fraction of sp³-hybridized carbons (Fsp3) is 0.118. The molecular formula is C17H11BrF3IN2O4. The summed E-state index contributed by atoms with van der Waals surface area (Å²) >= 11 is 5.19. The topological polar surface area (TPSA) is 88.0 Å². The maximum atomic E-state index is 12.7. The van der Waals surface area contributed by atoms with Crippen molar-refractivity contribution in [3.05, 3.63) is 61.1 Å². The van der Waals surface area contributed by atoms with E-state index >= 15 is 0 Å². The van der Waals surface area contributed by atoms with Gasteiger partial charge in [-0.3, -0.25) is 4.79 Å². The summed E-state index contributed by atoms with van der Waals surface area (Å²) in [6.07, 6.45) is -3.26. The summed E-state index contributed by atoms with van der Waals surface area (Å²) in [5.41, 5.74) is 1.59. The summed E-state index contributed by atoms with van der Waals surface area (Å²) < 4.78 is 44.3. The van der Waals surface area contributed by atoms with Gasteiger partial charge in [0.15, 0.2) is 6.61 Å². The summed E-state index contributed by atoms with van der Waals surface area (Å²) in [6, 6.07) is 7.19. The fourth-order valence-electron chi connectivity index (χ4n) is 1.99. The molecule has 2 aromatic carbocycles. The Kier molecular flexibility index (Phi) is 7.41. The van der Waals surface area contributed by atoms with Crippen molar-refractivity contribution in [2.24, 2.45) is 5.10 Å². The Labute approximate surface area is 179 Å². The van der Waals surface area contributed by atoms with Gasteiger partial charge in [-0.1, -0.05) is 6.07 Å². The second-order valence-electron chi connectivity index (χ2n) is 5.27. The third kappa shape index (κ3) is 6.19. The third-order valence-electron chi connectivity index (χ3n) is 3.19. The first-order chi connectivity index (χ1) is 13.1. The van der Waals surface area contributed by atoms with Gasteiger partial charge in [-0.15, -0.1) is 0 Å². The van der Waals surface area contributed by atoms with Crippen molar-refractivity contribution in [3.63, 3.8) is 0 Å². The molecule has 0 saturated carbocycles. The van der Waals surface area contributed by atoms with Gasteiger partial charge in [0.2, 0.25) is 0 Å². The molecule has 2 aromatic rings. The number of rotatable bonds is 6. The average molecular weight is 571 g/mol. The Hall–Kier alpha value is -2.15. The lowest BCUT2D eigenvalue weighted by Crippen LogP contribution is -2.18. The van der Waals surface area contributed by atoms with Crippen LogP contribution in [0.5, 0.6) is 5.75 Å². The number of ether oxygens (including phenoxy) is 1. The monoisotopic (exact) mass is 570 g/mol. The van der Waals surface area contributed by atoms with Gasteiger partial charge >= 0.3 is 12.1 Å². The molecule has 1 amide bonds. The van der Waals surface area contributed by atoms with Crippen molar-refractivity contribution < 1.29 is 32.6 Å². The molecule has 2 rings (SSSR count). The molecule has 0 aliphatic rings. The SMILES string of the molecule is O=C(O)COc1c(Br)cc(/C=N\NC(=O)c2cccc(C(F)(F)F)c2)cc1I. The van der Waals surface area contributed by atoms with Crippen LogP contribution < -0.4 is 10.2 Å². The van der Waals surface area contributed by atoms with Crippen LogP contribution in [0.1, 0.15) is 21.5 Å². The minimum Gasteiger partial charge on any atom is -0.480 e. The zero-order chi connectivity index (χ0) is 20.9. The van der Waals surface area contributed by atoms with E-state index in [1.54, 1.807) is 12.1 Å². The largest absolute Gasteiger partial charge is 0.480 e. The molecule has 0 atom stereocenters. The second kappa shape index (κ2) is 9.37. The van der Waals surface area contributed by atoms with E-state index in [-0.39, 0.29) is 5.56 Å². The van der Waals surface area contributed by atoms with E-state index in [4.69, 9.17) is 9.84 Å². The number of hydrogen-bond acceptors (Lipinski definition) is 4. The number of aliphatic carboxylic acids is 1. The van der Waals surface area contributed by atoms with Crippen LogP contribution in [0.3, 0.4) is 0 Å². The van der Waals surface area contributed by atoms with E-state index in [1.807, 2.05) is 22.6 Å². The van der Waals surface area contributed by atoms with E-state index in [9.17, 15) is 22.8 Å².